The predicted octanol–water partition coefficient (Wildman–Crippen LogP) is 2.24. The number of carbonyl (C=O) groups is 1. The molecular weight excluding hydrogens is 208 g/mol. The first-order chi connectivity index (χ1) is 7.77. The number of carboxylic acids is 1. The molecule has 0 rings (SSSR count). The van der Waals surface area contributed by atoms with Crippen molar-refractivity contribution in [2.45, 2.75) is 32.6 Å². The highest BCUT2D eigenvalue weighted by Gasteiger charge is 1.95. The number of ether oxygens (including phenoxy) is 2. The van der Waals surface area contributed by atoms with Crippen LogP contribution in [0.15, 0.2) is 12.2 Å². The summed E-state index contributed by atoms with van der Waals surface area (Å²) in [5, 5.41) is 8.28. The summed E-state index contributed by atoms with van der Waals surface area (Å²) < 4.78 is 10.1. The van der Waals surface area contributed by atoms with Crippen molar-refractivity contribution < 1.29 is 19.4 Å². The Balaban J connectivity index is 3.01. The average molecular weight is 230 g/mol. The first-order valence-corrected chi connectivity index (χ1v) is 5.79. The van der Waals surface area contributed by atoms with Crippen molar-refractivity contribution in [1.29, 1.82) is 0 Å². The molecule has 0 aromatic carbocycles. The van der Waals surface area contributed by atoms with E-state index < -0.39 is 5.97 Å². The number of carboxylic acid groups (broad SMARTS) is 1. The summed E-state index contributed by atoms with van der Waals surface area (Å²) >= 11 is 0. The molecular formula is C12H22O4. The molecule has 0 aliphatic carbocycles. The fourth-order valence-electron chi connectivity index (χ4n) is 1.09. The van der Waals surface area contributed by atoms with E-state index >= 15 is 0 Å². The van der Waals surface area contributed by atoms with Gasteiger partial charge in [0.25, 0.3) is 0 Å². The number of unbranched alkanes of at least 4 members (excludes halogenated alkanes) is 2. The van der Waals surface area contributed by atoms with E-state index in [9.17, 15) is 4.79 Å². The van der Waals surface area contributed by atoms with Crippen LogP contribution in [0.2, 0.25) is 0 Å². The fourth-order valence-corrected chi connectivity index (χ4v) is 1.09. The van der Waals surface area contributed by atoms with Gasteiger partial charge in [-0.3, -0.25) is 0 Å². The number of hydrogen-bond donors (Lipinski definition) is 1. The van der Waals surface area contributed by atoms with E-state index in [1.807, 2.05) is 0 Å². The molecule has 0 aromatic rings. The zero-order valence-electron chi connectivity index (χ0n) is 9.98. The first-order valence-electron chi connectivity index (χ1n) is 5.79. The monoisotopic (exact) mass is 230 g/mol. The van der Waals surface area contributed by atoms with Crippen molar-refractivity contribution in [1.82, 2.24) is 0 Å². The lowest BCUT2D eigenvalue weighted by molar-refractivity contribution is -0.142. The predicted molar refractivity (Wildman–Crippen MR) is 62.6 cm³/mol. The molecule has 0 aromatic heterocycles. The Labute approximate surface area is 97.2 Å². The van der Waals surface area contributed by atoms with Gasteiger partial charge in [-0.2, -0.15) is 0 Å². The Bertz CT molecular complexity index is 189. The third-order valence-electron chi connectivity index (χ3n) is 1.88. The Morgan fingerprint density at radius 2 is 1.81 bits per heavy atom. The van der Waals surface area contributed by atoms with Crippen molar-refractivity contribution in [3.8, 4) is 0 Å². The third kappa shape index (κ3) is 13.1. The van der Waals surface area contributed by atoms with E-state index in [2.05, 4.69) is 19.1 Å². The van der Waals surface area contributed by atoms with Gasteiger partial charge in [0, 0.05) is 6.61 Å². The molecule has 0 fully saturated rings. The fraction of sp³-hybridized carbons (Fsp3) is 0.750. The van der Waals surface area contributed by atoms with Gasteiger partial charge in [-0.05, 0) is 19.3 Å². The van der Waals surface area contributed by atoms with Gasteiger partial charge >= 0.3 is 5.97 Å². The summed E-state index contributed by atoms with van der Waals surface area (Å²) in [6, 6.07) is 0. The maximum absolute atomic E-state index is 10.1. The highest BCUT2D eigenvalue weighted by atomic mass is 16.5. The molecule has 0 unspecified atom stereocenters. The van der Waals surface area contributed by atoms with Crippen LogP contribution < -0.4 is 0 Å². The van der Waals surface area contributed by atoms with Gasteiger partial charge in [-0.15, -0.1) is 0 Å². The highest BCUT2D eigenvalue weighted by molar-refractivity contribution is 5.67. The molecule has 94 valence electrons. The lowest BCUT2D eigenvalue weighted by Gasteiger charge is -2.02. The minimum absolute atomic E-state index is 0.247. The van der Waals surface area contributed by atoms with Crippen LogP contribution in [0.5, 0.6) is 0 Å². The number of hydrogen-bond acceptors (Lipinski definition) is 3. The molecule has 4 nitrogen and oxygen atoms in total. The summed E-state index contributed by atoms with van der Waals surface area (Å²) in [7, 11) is 0. The second-order valence-electron chi connectivity index (χ2n) is 3.46. The number of rotatable bonds is 11. The molecule has 16 heavy (non-hydrogen) atoms. The molecule has 0 saturated carbocycles. The molecule has 4 heteroatoms. The van der Waals surface area contributed by atoms with Crippen LogP contribution in [0.25, 0.3) is 0 Å². The van der Waals surface area contributed by atoms with Crippen LogP contribution in [-0.2, 0) is 14.3 Å². The maximum Gasteiger partial charge on any atom is 0.329 e. The lowest BCUT2D eigenvalue weighted by Crippen LogP contribution is -2.11. The van der Waals surface area contributed by atoms with Gasteiger partial charge < -0.3 is 14.6 Å². The second kappa shape index (κ2) is 12.2. The zero-order valence-corrected chi connectivity index (χ0v) is 9.98. The third-order valence-corrected chi connectivity index (χ3v) is 1.88. The molecule has 0 bridgehead atoms. The SMILES string of the molecule is CCCC=CCCCOCCOCC(=O)O. The van der Waals surface area contributed by atoms with Crippen molar-refractivity contribution in [2.75, 3.05) is 26.4 Å². The van der Waals surface area contributed by atoms with Gasteiger partial charge in [-0.1, -0.05) is 25.5 Å². The molecule has 0 atom stereocenters. The van der Waals surface area contributed by atoms with Gasteiger partial charge in [0.15, 0.2) is 0 Å². The smallest absolute Gasteiger partial charge is 0.329 e. The topological polar surface area (TPSA) is 55.8 Å². The summed E-state index contributed by atoms with van der Waals surface area (Å²) in [5.41, 5.74) is 0. The van der Waals surface area contributed by atoms with Crippen LogP contribution in [0, 0.1) is 0 Å². The lowest BCUT2D eigenvalue weighted by atomic mass is 10.2. The Morgan fingerprint density at radius 3 is 2.50 bits per heavy atom. The largest absolute Gasteiger partial charge is 0.480 e. The van der Waals surface area contributed by atoms with Crippen LogP contribution >= 0.6 is 0 Å². The quantitative estimate of drug-likeness (QED) is 0.437. The van der Waals surface area contributed by atoms with Gasteiger partial charge in [0.05, 0.1) is 13.2 Å². The highest BCUT2D eigenvalue weighted by Crippen LogP contribution is 1.95. The standard InChI is InChI=1S/C12H22O4/c1-2-3-4-5-6-7-8-15-9-10-16-11-12(13)14/h4-5H,2-3,6-11H2,1H3,(H,13,14). The molecule has 0 aliphatic rings. The van der Waals surface area contributed by atoms with E-state index in [-0.39, 0.29) is 6.61 Å². The first kappa shape index (κ1) is 15.1. The molecule has 1 N–H and O–H groups in total. The number of allylic oxidation sites excluding steroid dienone is 2. The summed E-state index contributed by atoms with van der Waals surface area (Å²) in [6.07, 6.45) is 8.73. The molecule has 0 radical (unpaired) electrons. The zero-order chi connectivity index (χ0) is 12.1. The average Bonchev–Trinajstić information content (AvgIpc) is 2.25. The van der Waals surface area contributed by atoms with Crippen molar-refractivity contribution >= 4 is 5.97 Å². The molecule has 0 heterocycles. The molecule has 0 spiro atoms. The summed E-state index contributed by atoms with van der Waals surface area (Å²) in [5.74, 6) is -0.943. The minimum atomic E-state index is -0.943. The van der Waals surface area contributed by atoms with E-state index in [1.165, 1.54) is 6.42 Å². The van der Waals surface area contributed by atoms with Gasteiger partial charge in [0.2, 0.25) is 0 Å². The molecule has 0 saturated heterocycles. The van der Waals surface area contributed by atoms with Gasteiger partial charge in [-0.25, -0.2) is 4.79 Å². The van der Waals surface area contributed by atoms with Crippen molar-refractivity contribution in [3.63, 3.8) is 0 Å². The van der Waals surface area contributed by atoms with Crippen molar-refractivity contribution in [2.24, 2.45) is 0 Å². The van der Waals surface area contributed by atoms with Crippen LogP contribution in [0.4, 0.5) is 0 Å². The van der Waals surface area contributed by atoms with E-state index in [0.717, 1.165) is 19.3 Å². The second-order valence-corrected chi connectivity index (χ2v) is 3.46. The maximum atomic E-state index is 10.1. The van der Waals surface area contributed by atoms with Crippen LogP contribution in [0.3, 0.4) is 0 Å². The van der Waals surface area contributed by atoms with Gasteiger partial charge in [0.1, 0.15) is 6.61 Å². The van der Waals surface area contributed by atoms with E-state index in [0.29, 0.717) is 19.8 Å². The van der Waals surface area contributed by atoms with Crippen LogP contribution in [-0.4, -0.2) is 37.5 Å². The number of aliphatic carboxylic acids is 1. The van der Waals surface area contributed by atoms with E-state index in [4.69, 9.17) is 14.6 Å². The molecule has 0 amide bonds. The van der Waals surface area contributed by atoms with Crippen LogP contribution in [0.1, 0.15) is 32.6 Å². The summed E-state index contributed by atoms with van der Waals surface area (Å²) in [6.45, 7) is 3.42. The Hall–Kier alpha value is -0.870. The Kier molecular flexibility index (Phi) is 11.5. The normalized spacial score (nSPS) is 11.1. The molecule has 0 aliphatic heterocycles. The Morgan fingerprint density at radius 1 is 1.12 bits per heavy atom. The minimum Gasteiger partial charge on any atom is -0.480 e. The van der Waals surface area contributed by atoms with E-state index in [1.54, 1.807) is 0 Å². The summed E-state index contributed by atoms with van der Waals surface area (Å²) in [4.78, 5) is 10.1. The van der Waals surface area contributed by atoms with Crippen molar-refractivity contribution in [3.05, 3.63) is 12.2 Å².